The minimum absolute atomic E-state index is 0.0831. The van der Waals surface area contributed by atoms with Crippen molar-refractivity contribution in [1.29, 1.82) is 0 Å². The summed E-state index contributed by atoms with van der Waals surface area (Å²) in [6.45, 7) is 5.61. The maximum atomic E-state index is 13.5. The molecule has 38 heavy (non-hydrogen) atoms. The van der Waals surface area contributed by atoms with Crippen LogP contribution in [-0.2, 0) is 17.8 Å². The molecular weight excluding hydrogens is 482 g/mol. The van der Waals surface area contributed by atoms with E-state index in [1.165, 1.54) is 5.56 Å². The first kappa shape index (κ1) is 24.7. The lowest BCUT2D eigenvalue weighted by Gasteiger charge is -2.38. The lowest BCUT2D eigenvalue weighted by Crippen LogP contribution is -2.48. The largest absolute Gasteiger partial charge is 0.497 e. The van der Waals surface area contributed by atoms with Gasteiger partial charge in [0.05, 0.1) is 19.8 Å². The summed E-state index contributed by atoms with van der Waals surface area (Å²) >= 11 is 0. The van der Waals surface area contributed by atoms with E-state index in [0.29, 0.717) is 17.9 Å². The van der Waals surface area contributed by atoms with Crippen LogP contribution >= 0.6 is 0 Å². The highest BCUT2D eigenvalue weighted by Crippen LogP contribution is 2.29. The van der Waals surface area contributed by atoms with Crippen molar-refractivity contribution in [1.82, 2.24) is 35.0 Å². The Morgan fingerprint density at radius 3 is 2.71 bits per heavy atom. The van der Waals surface area contributed by atoms with Gasteiger partial charge < -0.3 is 14.5 Å². The second-order valence-corrected chi connectivity index (χ2v) is 10.1. The summed E-state index contributed by atoms with van der Waals surface area (Å²) in [6.07, 6.45) is 2.11. The van der Waals surface area contributed by atoms with Gasteiger partial charge in [-0.25, -0.2) is 4.68 Å². The molecule has 1 N–H and O–H groups in total. The smallest absolute Gasteiger partial charge is 0.253 e. The van der Waals surface area contributed by atoms with Crippen LogP contribution in [0.4, 0.5) is 0 Å². The topological polar surface area (TPSA) is 101 Å². The highest BCUT2D eigenvalue weighted by Gasteiger charge is 2.33. The highest BCUT2D eigenvalue weighted by atomic mass is 16.5. The van der Waals surface area contributed by atoms with Crippen molar-refractivity contribution >= 4 is 10.9 Å². The number of benzene rings is 2. The number of tetrazole rings is 1. The Balaban J connectivity index is 1.33. The third-order valence-corrected chi connectivity index (χ3v) is 7.60. The number of nitrogens with zero attached hydrogens (tertiary/aromatic N) is 6. The van der Waals surface area contributed by atoms with E-state index in [4.69, 9.17) is 9.47 Å². The van der Waals surface area contributed by atoms with Crippen LogP contribution in [0.1, 0.15) is 35.8 Å². The minimum Gasteiger partial charge on any atom is -0.497 e. The molecule has 2 atom stereocenters. The fraction of sp³-hybridized carbons (Fsp3) is 0.429. The molecule has 2 saturated heterocycles. The predicted octanol–water partition coefficient (Wildman–Crippen LogP) is 2.61. The highest BCUT2D eigenvalue weighted by molar-refractivity contribution is 5.80. The van der Waals surface area contributed by atoms with Crippen molar-refractivity contribution in [3.8, 4) is 5.75 Å². The quantitative estimate of drug-likeness (QED) is 0.382. The summed E-state index contributed by atoms with van der Waals surface area (Å²) in [6, 6.07) is 17.8. The van der Waals surface area contributed by atoms with Crippen molar-refractivity contribution in [2.45, 2.75) is 38.1 Å². The zero-order valence-corrected chi connectivity index (χ0v) is 21.6. The average Bonchev–Trinajstić information content (AvgIpc) is 3.63. The van der Waals surface area contributed by atoms with E-state index in [1.54, 1.807) is 7.11 Å². The van der Waals surface area contributed by atoms with Gasteiger partial charge in [-0.1, -0.05) is 30.3 Å². The van der Waals surface area contributed by atoms with Crippen LogP contribution in [0.15, 0.2) is 59.4 Å². The summed E-state index contributed by atoms with van der Waals surface area (Å²) in [7, 11) is 1.64. The van der Waals surface area contributed by atoms with E-state index in [2.05, 4.69) is 54.6 Å². The van der Waals surface area contributed by atoms with E-state index in [1.807, 2.05) is 35.0 Å². The van der Waals surface area contributed by atoms with Gasteiger partial charge in [-0.3, -0.25) is 14.6 Å². The first-order chi connectivity index (χ1) is 18.7. The average molecular weight is 516 g/mol. The molecule has 0 bridgehead atoms. The van der Waals surface area contributed by atoms with E-state index in [9.17, 15) is 4.79 Å². The molecule has 6 rings (SSSR count). The molecule has 0 aliphatic carbocycles. The minimum atomic E-state index is -0.385. The number of hydrogen-bond donors (Lipinski definition) is 1. The van der Waals surface area contributed by atoms with Gasteiger partial charge in [-0.05, 0) is 53.1 Å². The summed E-state index contributed by atoms with van der Waals surface area (Å²) in [5.41, 5.74) is 2.57. The lowest BCUT2D eigenvalue weighted by molar-refractivity contribution is 0.0840. The van der Waals surface area contributed by atoms with E-state index in [-0.39, 0.29) is 17.7 Å². The molecule has 0 unspecified atom stereocenters. The number of nitrogens with one attached hydrogen (secondary N) is 1. The van der Waals surface area contributed by atoms with Crippen molar-refractivity contribution in [3.63, 3.8) is 0 Å². The summed E-state index contributed by atoms with van der Waals surface area (Å²) in [5.74, 6) is 1.41. The van der Waals surface area contributed by atoms with Gasteiger partial charge in [0.2, 0.25) is 0 Å². The van der Waals surface area contributed by atoms with Crippen molar-refractivity contribution in [2.24, 2.45) is 0 Å². The third-order valence-electron chi connectivity index (χ3n) is 7.60. The number of ether oxygens (including phenoxy) is 2. The fourth-order valence-corrected chi connectivity index (χ4v) is 5.57. The standard InChI is InChI=1S/C28H33N7O3/c1-37-22-9-10-25-21(16-22)17-24(28(36)29-25)26(27-30-31-32-35(27)19-23-8-5-15-38-23)34-13-11-33(12-14-34)18-20-6-3-2-4-7-20/h2-4,6-7,9-10,16-17,23,26H,5,8,11-15,18-19H2,1H3,(H,29,36)/t23-,26+/m1/s1. The SMILES string of the molecule is COc1ccc2[nH]c(=O)c([C@@H](c3nnnn3C[C@H]3CCCO3)N3CCN(Cc4ccccc4)CC3)cc2c1. The molecule has 0 amide bonds. The molecule has 2 aliphatic heterocycles. The van der Waals surface area contributed by atoms with Crippen LogP contribution in [0.3, 0.4) is 0 Å². The number of pyridine rings is 1. The first-order valence-corrected chi connectivity index (χ1v) is 13.3. The van der Waals surface area contributed by atoms with Crippen LogP contribution in [0, 0.1) is 0 Å². The van der Waals surface area contributed by atoms with E-state index < -0.39 is 0 Å². The Labute approximate surface area is 221 Å². The number of piperazine rings is 1. The van der Waals surface area contributed by atoms with Gasteiger partial charge in [0.15, 0.2) is 5.82 Å². The number of rotatable bonds is 8. The molecule has 10 nitrogen and oxygen atoms in total. The van der Waals surface area contributed by atoms with Crippen LogP contribution in [-0.4, -0.2) is 81.0 Å². The molecule has 2 fully saturated rings. The molecule has 2 aromatic carbocycles. The summed E-state index contributed by atoms with van der Waals surface area (Å²) < 4.78 is 13.1. The Kier molecular flexibility index (Phi) is 7.17. The molecule has 2 aromatic heterocycles. The number of hydrogen-bond acceptors (Lipinski definition) is 8. The zero-order valence-electron chi connectivity index (χ0n) is 21.6. The Morgan fingerprint density at radius 1 is 1.11 bits per heavy atom. The van der Waals surface area contributed by atoms with Gasteiger partial charge in [-0.15, -0.1) is 5.10 Å². The normalized spacial score (nSPS) is 19.7. The monoisotopic (exact) mass is 515 g/mol. The van der Waals surface area contributed by atoms with Crippen LogP contribution in [0.2, 0.25) is 0 Å². The number of fused-ring (bicyclic) bond motifs is 1. The van der Waals surface area contributed by atoms with Gasteiger partial charge >= 0.3 is 0 Å². The molecule has 198 valence electrons. The predicted molar refractivity (Wildman–Crippen MR) is 143 cm³/mol. The van der Waals surface area contributed by atoms with Crippen molar-refractivity contribution in [3.05, 3.63) is 81.9 Å². The van der Waals surface area contributed by atoms with Gasteiger partial charge in [0, 0.05) is 55.8 Å². The van der Waals surface area contributed by atoms with E-state index in [0.717, 1.165) is 68.8 Å². The Morgan fingerprint density at radius 2 is 1.95 bits per heavy atom. The molecule has 10 heteroatoms. The fourth-order valence-electron chi connectivity index (χ4n) is 5.57. The first-order valence-electron chi connectivity index (χ1n) is 13.3. The molecule has 2 aliphatic rings. The lowest BCUT2D eigenvalue weighted by atomic mass is 10.0. The molecule has 4 aromatic rings. The van der Waals surface area contributed by atoms with Gasteiger partial charge in [-0.2, -0.15) is 0 Å². The zero-order chi connectivity index (χ0) is 25.9. The third kappa shape index (κ3) is 5.20. The Hall–Kier alpha value is -3.60. The Bertz CT molecular complexity index is 1420. The summed E-state index contributed by atoms with van der Waals surface area (Å²) in [4.78, 5) is 21.4. The molecule has 0 radical (unpaired) electrons. The van der Waals surface area contributed by atoms with E-state index >= 15 is 0 Å². The second-order valence-electron chi connectivity index (χ2n) is 10.1. The van der Waals surface area contributed by atoms with Gasteiger partial charge in [0.25, 0.3) is 5.56 Å². The van der Waals surface area contributed by atoms with Crippen LogP contribution < -0.4 is 10.3 Å². The molecular formula is C28H33N7O3. The van der Waals surface area contributed by atoms with Crippen LogP contribution in [0.25, 0.3) is 10.9 Å². The van der Waals surface area contributed by atoms with Crippen molar-refractivity contribution < 1.29 is 9.47 Å². The number of aromatic amines is 1. The van der Waals surface area contributed by atoms with Crippen LogP contribution in [0.5, 0.6) is 5.75 Å². The second kappa shape index (κ2) is 11.0. The number of H-pyrrole nitrogens is 1. The molecule has 0 spiro atoms. The molecule has 0 saturated carbocycles. The maximum Gasteiger partial charge on any atom is 0.253 e. The van der Waals surface area contributed by atoms with Crippen molar-refractivity contribution in [2.75, 3.05) is 39.9 Å². The number of aromatic nitrogens is 5. The summed E-state index contributed by atoms with van der Waals surface area (Å²) in [5, 5.41) is 13.7. The number of methoxy groups -OCH3 is 1. The maximum absolute atomic E-state index is 13.5. The van der Waals surface area contributed by atoms with Gasteiger partial charge in [0.1, 0.15) is 11.8 Å². The molecule has 4 heterocycles.